The van der Waals surface area contributed by atoms with Crippen LogP contribution in [0.25, 0.3) is 0 Å². The Morgan fingerprint density at radius 1 is 0.523 bits per heavy atom. The molecule has 0 aromatic rings. The largest absolute Gasteiger partial charge is 0.462 e. The Hall–Kier alpha value is -2.14. The molecule has 0 spiro atoms. The molecule has 0 amide bonds. The lowest BCUT2D eigenvalue weighted by Gasteiger charge is -2.15. The normalized spacial score (nSPS) is 12.7. The summed E-state index contributed by atoms with van der Waals surface area (Å²) in [5.41, 5.74) is 0. The highest BCUT2D eigenvalue weighted by atomic mass is 16.6. The first-order chi connectivity index (χ1) is 21.6. The summed E-state index contributed by atoms with van der Waals surface area (Å²) < 4.78 is 10.6. The van der Waals surface area contributed by atoms with Crippen molar-refractivity contribution in [3.63, 3.8) is 0 Å². The molecule has 44 heavy (non-hydrogen) atoms. The number of carbonyl (C=O) groups is 2. The van der Waals surface area contributed by atoms with Gasteiger partial charge in [0.05, 0.1) is 6.61 Å². The minimum absolute atomic E-state index is 0.0799. The van der Waals surface area contributed by atoms with E-state index in [1.165, 1.54) is 70.6 Å². The first kappa shape index (κ1) is 41.9. The zero-order valence-corrected chi connectivity index (χ0v) is 28.7. The third-order valence-corrected chi connectivity index (χ3v) is 7.60. The summed E-state index contributed by atoms with van der Waals surface area (Å²) in [6.07, 6.45) is 43.0. The van der Waals surface area contributed by atoms with Crippen LogP contribution in [0.4, 0.5) is 0 Å². The topological polar surface area (TPSA) is 72.8 Å². The minimum Gasteiger partial charge on any atom is -0.462 e. The second-order valence-electron chi connectivity index (χ2n) is 11.9. The Bertz CT molecular complexity index is 752. The monoisotopic (exact) mass is 617 g/mol. The Kier molecular flexibility index (Phi) is 33.6. The fraction of sp³-hybridized carbons (Fsp3) is 0.744. The third kappa shape index (κ3) is 32.8. The summed E-state index contributed by atoms with van der Waals surface area (Å²) in [5.74, 6) is -0.626. The van der Waals surface area contributed by atoms with E-state index in [1.54, 1.807) is 0 Å². The average Bonchev–Trinajstić information content (AvgIpc) is 3.02. The number of carbonyl (C=O) groups excluding carboxylic acids is 2. The van der Waals surface area contributed by atoms with E-state index in [9.17, 15) is 14.7 Å². The van der Waals surface area contributed by atoms with Crippen molar-refractivity contribution in [2.75, 3.05) is 13.2 Å². The molecular formula is C39H68O5. The van der Waals surface area contributed by atoms with Crippen LogP contribution in [0, 0.1) is 0 Å². The fourth-order valence-corrected chi connectivity index (χ4v) is 4.79. The van der Waals surface area contributed by atoms with E-state index in [0.717, 1.165) is 70.6 Å². The van der Waals surface area contributed by atoms with E-state index in [0.29, 0.717) is 12.8 Å². The molecule has 0 aliphatic rings. The summed E-state index contributed by atoms with van der Waals surface area (Å²) in [5, 5.41) is 9.52. The predicted octanol–water partition coefficient (Wildman–Crippen LogP) is 11.1. The predicted molar refractivity (Wildman–Crippen MR) is 187 cm³/mol. The smallest absolute Gasteiger partial charge is 0.306 e. The maximum Gasteiger partial charge on any atom is 0.306 e. The van der Waals surface area contributed by atoms with Crippen molar-refractivity contribution < 1.29 is 24.2 Å². The van der Waals surface area contributed by atoms with Crippen LogP contribution >= 0.6 is 0 Å². The van der Waals surface area contributed by atoms with Gasteiger partial charge in [-0.3, -0.25) is 9.59 Å². The molecule has 0 saturated carbocycles. The molecule has 0 aromatic carbocycles. The Labute approximate surface area is 271 Å². The molecule has 0 radical (unpaired) electrons. The first-order valence-corrected chi connectivity index (χ1v) is 18.2. The van der Waals surface area contributed by atoms with Crippen LogP contribution in [0.1, 0.15) is 168 Å². The van der Waals surface area contributed by atoms with E-state index in [4.69, 9.17) is 9.47 Å². The third-order valence-electron chi connectivity index (χ3n) is 7.60. The van der Waals surface area contributed by atoms with Gasteiger partial charge in [-0.05, 0) is 77.0 Å². The van der Waals surface area contributed by atoms with Crippen molar-refractivity contribution >= 4 is 11.9 Å². The molecule has 0 fully saturated rings. The molecule has 0 heterocycles. The van der Waals surface area contributed by atoms with Gasteiger partial charge in [0.25, 0.3) is 0 Å². The number of hydrogen-bond donors (Lipinski definition) is 1. The highest BCUT2D eigenvalue weighted by Crippen LogP contribution is 2.11. The number of esters is 2. The van der Waals surface area contributed by atoms with Gasteiger partial charge in [0.15, 0.2) is 6.10 Å². The maximum atomic E-state index is 12.1. The van der Waals surface area contributed by atoms with Crippen molar-refractivity contribution in [2.24, 2.45) is 0 Å². The van der Waals surface area contributed by atoms with Crippen molar-refractivity contribution in [1.82, 2.24) is 0 Å². The van der Waals surface area contributed by atoms with E-state index < -0.39 is 6.10 Å². The highest BCUT2D eigenvalue weighted by Gasteiger charge is 2.16. The summed E-state index contributed by atoms with van der Waals surface area (Å²) >= 11 is 0. The Morgan fingerprint density at radius 2 is 0.909 bits per heavy atom. The summed E-state index contributed by atoms with van der Waals surface area (Å²) in [6, 6.07) is 0. The molecule has 0 aliphatic carbocycles. The zero-order chi connectivity index (χ0) is 32.2. The number of unbranched alkanes of at least 4 members (excludes halogenated alkanes) is 16. The fourth-order valence-electron chi connectivity index (χ4n) is 4.79. The van der Waals surface area contributed by atoms with Gasteiger partial charge >= 0.3 is 11.9 Å². The molecule has 0 bridgehead atoms. The molecule has 1 N–H and O–H groups in total. The van der Waals surface area contributed by atoms with E-state index >= 15 is 0 Å². The highest BCUT2D eigenvalue weighted by molar-refractivity contribution is 5.70. The van der Waals surface area contributed by atoms with Crippen LogP contribution in [0.3, 0.4) is 0 Å². The van der Waals surface area contributed by atoms with Gasteiger partial charge in [0, 0.05) is 12.8 Å². The summed E-state index contributed by atoms with van der Waals surface area (Å²) in [6.45, 7) is 4.04. The number of aliphatic hydroxyl groups is 1. The lowest BCUT2D eigenvalue weighted by atomic mass is 10.1. The number of aliphatic hydroxyl groups excluding tert-OH is 1. The molecule has 5 nitrogen and oxygen atoms in total. The van der Waals surface area contributed by atoms with E-state index in [1.807, 2.05) is 0 Å². The molecule has 0 rings (SSSR count). The quantitative estimate of drug-likeness (QED) is 0.0462. The molecular weight excluding hydrogens is 548 g/mol. The van der Waals surface area contributed by atoms with Gasteiger partial charge in [0.2, 0.25) is 0 Å². The molecule has 1 atom stereocenters. The van der Waals surface area contributed by atoms with E-state index in [2.05, 4.69) is 62.5 Å². The summed E-state index contributed by atoms with van der Waals surface area (Å²) in [4.78, 5) is 24.2. The van der Waals surface area contributed by atoms with Crippen molar-refractivity contribution in [1.29, 1.82) is 0 Å². The Balaban J connectivity index is 3.64. The van der Waals surface area contributed by atoms with Gasteiger partial charge < -0.3 is 14.6 Å². The van der Waals surface area contributed by atoms with Gasteiger partial charge in [-0.1, -0.05) is 127 Å². The summed E-state index contributed by atoms with van der Waals surface area (Å²) in [7, 11) is 0. The van der Waals surface area contributed by atoms with Gasteiger partial charge in [-0.15, -0.1) is 0 Å². The maximum absolute atomic E-state index is 12.1. The number of ether oxygens (including phenoxy) is 2. The molecule has 0 aromatic heterocycles. The number of rotatable bonds is 32. The second-order valence-corrected chi connectivity index (χ2v) is 11.9. The second kappa shape index (κ2) is 35.3. The van der Waals surface area contributed by atoms with Crippen LogP contribution in [-0.2, 0) is 19.1 Å². The number of hydrogen-bond acceptors (Lipinski definition) is 5. The van der Waals surface area contributed by atoms with Crippen molar-refractivity contribution in [3.05, 3.63) is 48.6 Å². The molecule has 254 valence electrons. The Morgan fingerprint density at radius 3 is 1.34 bits per heavy atom. The van der Waals surface area contributed by atoms with Crippen LogP contribution in [0.2, 0.25) is 0 Å². The van der Waals surface area contributed by atoms with Gasteiger partial charge in [-0.2, -0.15) is 0 Å². The standard InChI is InChI=1S/C39H68O5/c1-3-5-7-9-11-13-15-17-19-21-23-25-27-29-31-33-38(41)43-36-37(35-40)44-39(42)34-32-30-28-26-24-22-20-18-16-14-12-10-8-6-4-2/h11-14,17-20,37,40H,3-10,15-16,21-36H2,1-2H3/b13-11+,14-12+,19-17-,20-18-/t37-/m0/s1. The van der Waals surface area contributed by atoms with Crippen molar-refractivity contribution in [3.8, 4) is 0 Å². The van der Waals surface area contributed by atoms with Gasteiger partial charge in [-0.25, -0.2) is 0 Å². The van der Waals surface area contributed by atoms with Crippen LogP contribution in [-0.4, -0.2) is 36.4 Å². The molecule has 0 aliphatic heterocycles. The average molecular weight is 617 g/mol. The lowest BCUT2D eigenvalue weighted by molar-refractivity contribution is -0.161. The lowest BCUT2D eigenvalue weighted by Crippen LogP contribution is -2.28. The molecule has 0 saturated heterocycles. The molecule has 5 heteroatoms. The van der Waals surface area contributed by atoms with E-state index in [-0.39, 0.29) is 25.2 Å². The molecule has 0 unspecified atom stereocenters. The first-order valence-electron chi connectivity index (χ1n) is 18.2. The van der Waals surface area contributed by atoms with Crippen LogP contribution in [0.5, 0.6) is 0 Å². The van der Waals surface area contributed by atoms with Gasteiger partial charge in [0.1, 0.15) is 6.61 Å². The van der Waals surface area contributed by atoms with Crippen LogP contribution < -0.4 is 0 Å². The zero-order valence-electron chi connectivity index (χ0n) is 28.7. The number of allylic oxidation sites excluding steroid dienone is 8. The minimum atomic E-state index is -0.783. The van der Waals surface area contributed by atoms with Crippen molar-refractivity contribution in [2.45, 2.75) is 174 Å². The van der Waals surface area contributed by atoms with Crippen LogP contribution in [0.15, 0.2) is 48.6 Å². The SMILES string of the molecule is CCCCC/C=C/C/C=C\CCCCCCCC(=O)OC[C@H](CO)OC(=O)CCCCCCC/C=C\C/C=C/CCCCC.